The highest BCUT2D eigenvalue weighted by atomic mass is 16.3. The molecule has 0 saturated carbocycles. The molecule has 0 fully saturated rings. The first kappa shape index (κ1) is 14.6. The molecule has 26 heavy (non-hydrogen) atoms. The molecule has 0 bridgehead atoms. The minimum Gasteiger partial charge on any atom is -0.386 e. The average molecular weight is 344 g/mol. The summed E-state index contributed by atoms with van der Waals surface area (Å²) in [6.07, 6.45) is -1.21. The van der Waals surface area contributed by atoms with Crippen LogP contribution < -0.4 is 0 Å². The molecular weight excluding hydrogens is 324 g/mol. The summed E-state index contributed by atoms with van der Waals surface area (Å²) in [6, 6.07) is 16.5. The van der Waals surface area contributed by atoms with Crippen molar-refractivity contribution in [1.29, 1.82) is 0 Å². The van der Waals surface area contributed by atoms with Gasteiger partial charge in [0.2, 0.25) is 0 Å². The van der Waals surface area contributed by atoms with Gasteiger partial charge in [-0.2, -0.15) is 0 Å². The monoisotopic (exact) mass is 344 g/mol. The van der Waals surface area contributed by atoms with E-state index in [2.05, 4.69) is 33.4 Å². The van der Waals surface area contributed by atoms with Crippen LogP contribution in [-0.2, 0) is 14.1 Å². The molecule has 2 aromatic carbocycles. The summed E-state index contributed by atoms with van der Waals surface area (Å²) in [5.74, 6) is -0.182. The van der Waals surface area contributed by atoms with Crippen LogP contribution in [0.5, 0.6) is 0 Å². The normalized spacial score (nSPS) is 26.5. The summed E-state index contributed by atoms with van der Waals surface area (Å²) in [7, 11) is 4.03. The number of hydrogen-bond acceptors (Lipinski definition) is 2. The molecule has 0 spiro atoms. The van der Waals surface area contributed by atoms with Crippen molar-refractivity contribution in [2.45, 2.75) is 24.0 Å². The molecule has 4 aromatic rings. The maximum absolute atomic E-state index is 11.3. The maximum atomic E-state index is 11.3. The van der Waals surface area contributed by atoms with Gasteiger partial charge in [0, 0.05) is 47.7 Å². The summed E-state index contributed by atoms with van der Waals surface area (Å²) in [4.78, 5) is 0. The van der Waals surface area contributed by atoms with Crippen LogP contribution in [0.2, 0.25) is 0 Å². The predicted molar refractivity (Wildman–Crippen MR) is 101 cm³/mol. The number of rotatable bonds is 0. The molecule has 0 amide bonds. The van der Waals surface area contributed by atoms with Gasteiger partial charge in [-0.1, -0.05) is 36.4 Å². The summed E-state index contributed by atoms with van der Waals surface area (Å²) >= 11 is 0. The smallest absolute Gasteiger partial charge is 0.102 e. The fourth-order valence-electron chi connectivity index (χ4n) is 5.71. The first-order valence-electron chi connectivity index (χ1n) is 9.11. The van der Waals surface area contributed by atoms with E-state index in [0.717, 1.165) is 44.3 Å². The van der Waals surface area contributed by atoms with E-state index in [4.69, 9.17) is 0 Å². The van der Waals surface area contributed by atoms with Gasteiger partial charge in [-0.05, 0) is 23.3 Å². The number of aromatic nitrogens is 2. The molecule has 0 saturated heterocycles. The highest BCUT2D eigenvalue weighted by molar-refractivity contribution is 5.91. The van der Waals surface area contributed by atoms with E-state index in [9.17, 15) is 10.2 Å². The summed E-state index contributed by atoms with van der Waals surface area (Å²) in [6.45, 7) is 0. The van der Waals surface area contributed by atoms with E-state index >= 15 is 0 Å². The van der Waals surface area contributed by atoms with Crippen molar-refractivity contribution in [3.8, 4) is 0 Å². The van der Waals surface area contributed by atoms with Gasteiger partial charge in [0.05, 0.1) is 11.4 Å². The molecule has 2 aliphatic carbocycles. The average Bonchev–Trinajstić information content (AvgIpc) is 3.31. The molecule has 4 heteroatoms. The first-order valence-corrected chi connectivity index (χ1v) is 9.11. The Labute approximate surface area is 150 Å². The van der Waals surface area contributed by atoms with Gasteiger partial charge >= 0.3 is 0 Å². The number of aryl methyl sites for hydroxylation is 2. The van der Waals surface area contributed by atoms with Crippen LogP contribution in [0.3, 0.4) is 0 Å². The topological polar surface area (TPSA) is 50.3 Å². The van der Waals surface area contributed by atoms with Crippen molar-refractivity contribution < 1.29 is 10.2 Å². The number of fused-ring (bicyclic) bond motifs is 9. The first-order chi connectivity index (χ1) is 12.6. The van der Waals surface area contributed by atoms with E-state index in [1.54, 1.807) is 0 Å². The van der Waals surface area contributed by atoms with Crippen molar-refractivity contribution in [3.05, 3.63) is 71.0 Å². The van der Waals surface area contributed by atoms with E-state index < -0.39 is 12.2 Å². The van der Waals surface area contributed by atoms with Gasteiger partial charge in [-0.25, -0.2) is 0 Å². The molecule has 2 heterocycles. The fourth-order valence-corrected chi connectivity index (χ4v) is 5.71. The van der Waals surface area contributed by atoms with Crippen LogP contribution in [0.4, 0.5) is 0 Å². The molecule has 2 N–H and O–H groups in total. The zero-order valence-electron chi connectivity index (χ0n) is 14.7. The second kappa shape index (κ2) is 4.58. The lowest BCUT2D eigenvalue weighted by atomic mass is 9.88. The van der Waals surface area contributed by atoms with E-state index in [1.165, 1.54) is 0 Å². The van der Waals surface area contributed by atoms with Crippen molar-refractivity contribution in [1.82, 2.24) is 9.13 Å². The Hall–Kier alpha value is -2.56. The van der Waals surface area contributed by atoms with Crippen molar-refractivity contribution >= 4 is 21.8 Å². The Kier molecular flexibility index (Phi) is 2.57. The summed E-state index contributed by atoms with van der Waals surface area (Å²) in [5.41, 5.74) is 6.38. The van der Waals surface area contributed by atoms with Crippen LogP contribution in [0.1, 0.15) is 46.6 Å². The van der Waals surface area contributed by atoms with Crippen LogP contribution in [0.15, 0.2) is 48.5 Å². The van der Waals surface area contributed by atoms with Crippen molar-refractivity contribution in [3.63, 3.8) is 0 Å². The van der Waals surface area contributed by atoms with E-state index in [1.807, 2.05) is 38.4 Å². The maximum Gasteiger partial charge on any atom is 0.102 e. The second-order valence-electron chi connectivity index (χ2n) is 7.69. The Balaban J connectivity index is 1.70. The molecule has 2 aliphatic rings. The van der Waals surface area contributed by atoms with Gasteiger partial charge in [0.15, 0.2) is 0 Å². The Morgan fingerprint density at radius 2 is 1.04 bits per heavy atom. The number of hydrogen-bond donors (Lipinski definition) is 2. The zero-order chi connectivity index (χ0) is 17.7. The molecular formula is C22H20N2O2. The predicted octanol–water partition coefficient (Wildman–Crippen LogP) is 3.63. The van der Waals surface area contributed by atoms with Crippen LogP contribution >= 0.6 is 0 Å². The molecule has 0 radical (unpaired) electrons. The highest BCUT2D eigenvalue weighted by Crippen LogP contribution is 2.64. The Morgan fingerprint density at radius 1 is 0.654 bits per heavy atom. The Bertz CT molecular complexity index is 1120. The highest BCUT2D eigenvalue weighted by Gasteiger charge is 2.54. The number of aliphatic hydroxyl groups excluding tert-OH is 2. The third-order valence-electron chi connectivity index (χ3n) is 6.68. The van der Waals surface area contributed by atoms with Gasteiger partial charge in [-0.15, -0.1) is 0 Å². The van der Waals surface area contributed by atoms with Gasteiger partial charge in [-0.3, -0.25) is 0 Å². The van der Waals surface area contributed by atoms with E-state index in [0.29, 0.717) is 0 Å². The Morgan fingerprint density at radius 3 is 1.46 bits per heavy atom. The largest absolute Gasteiger partial charge is 0.386 e. The zero-order valence-corrected chi connectivity index (χ0v) is 14.7. The minimum absolute atomic E-state index is 0.0908. The molecule has 4 atom stereocenters. The van der Waals surface area contributed by atoms with Crippen LogP contribution in [0, 0.1) is 0 Å². The lowest BCUT2D eigenvalue weighted by molar-refractivity contribution is 0.105. The summed E-state index contributed by atoms with van der Waals surface area (Å²) in [5, 5.41) is 24.9. The SMILES string of the molecule is Cn1c2c(c3ccccc31)[C@@H]1[C@@H](c3c(n(C)c4ccccc34)[C@H]1O)[C@@H]2O. The van der Waals surface area contributed by atoms with Crippen molar-refractivity contribution in [2.75, 3.05) is 0 Å². The van der Waals surface area contributed by atoms with Gasteiger partial charge in [0.1, 0.15) is 12.2 Å². The molecule has 2 aromatic heterocycles. The number of benzene rings is 2. The van der Waals surface area contributed by atoms with Crippen LogP contribution in [-0.4, -0.2) is 19.3 Å². The van der Waals surface area contributed by atoms with Crippen molar-refractivity contribution in [2.24, 2.45) is 14.1 Å². The molecule has 130 valence electrons. The number of para-hydroxylation sites is 2. The molecule has 0 unspecified atom stereocenters. The standard InChI is InChI=1S/C22H20N2O2/c1-23-13-9-5-3-7-11(13)15-17-18(21(25)19(15)23)16-12-8-4-6-10-14(12)24(2)20(16)22(17)26/h3-10,17-18,21-22,25-26H,1-2H3/t17-,18-,21+,22+/m1/s1. The minimum atomic E-state index is -0.603. The number of nitrogens with zero attached hydrogens (tertiary/aromatic N) is 2. The third kappa shape index (κ3) is 1.42. The van der Waals surface area contributed by atoms with Crippen LogP contribution in [0.25, 0.3) is 21.8 Å². The second-order valence-corrected chi connectivity index (χ2v) is 7.69. The fraction of sp³-hybridized carbons (Fsp3) is 0.273. The lowest BCUT2D eigenvalue weighted by Gasteiger charge is -2.19. The lowest BCUT2D eigenvalue weighted by Crippen LogP contribution is -2.11. The number of aliphatic hydroxyl groups is 2. The quantitative estimate of drug-likeness (QED) is 0.512. The third-order valence-corrected chi connectivity index (χ3v) is 6.68. The molecule has 6 rings (SSSR count). The van der Waals surface area contributed by atoms with Gasteiger partial charge in [0.25, 0.3) is 0 Å². The molecule has 4 nitrogen and oxygen atoms in total. The molecule has 0 aliphatic heterocycles. The van der Waals surface area contributed by atoms with Gasteiger partial charge < -0.3 is 19.3 Å². The van der Waals surface area contributed by atoms with E-state index in [-0.39, 0.29) is 11.8 Å². The summed E-state index contributed by atoms with van der Waals surface area (Å²) < 4.78 is 4.20.